The van der Waals surface area contributed by atoms with Crippen molar-refractivity contribution in [3.05, 3.63) is 42.3 Å². The molecule has 0 saturated heterocycles. The predicted octanol–water partition coefficient (Wildman–Crippen LogP) is -0.737. The van der Waals surface area contributed by atoms with Crippen LogP contribution in [0.15, 0.2) is 30.3 Å². The van der Waals surface area contributed by atoms with Crippen molar-refractivity contribution in [3.8, 4) is 0 Å². The zero-order chi connectivity index (χ0) is 5.82. The third kappa shape index (κ3) is 2.95. The van der Waals surface area contributed by atoms with Crippen LogP contribution in [0.1, 0.15) is 12.5 Å². The fraction of sp³-hybridized carbons (Fsp3) is 0.125. The molecule has 0 amide bonds. The van der Waals surface area contributed by atoms with Gasteiger partial charge in [0.1, 0.15) is 0 Å². The molecule has 1 rings (SSSR count). The van der Waals surface area contributed by atoms with Gasteiger partial charge in [0.25, 0.3) is 0 Å². The third-order valence-corrected chi connectivity index (χ3v) is 1.13. The van der Waals surface area contributed by atoms with E-state index in [0.717, 1.165) is 0 Å². The van der Waals surface area contributed by atoms with Crippen LogP contribution in [0.4, 0.5) is 0 Å². The Morgan fingerprint density at radius 2 is 1.67 bits per heavy atom. The quantitative estimate of drug-likeness (QED) is 0.345. The van der Waals surface area contributed by atoms with Gasteiger partial charge in [0.05, 0.1) is 0 Å². The van der Waals surface area contributed by atoms with E-state index in [9.17, 15) is 0 Å². The summed E-state index contributed by atoms with van der Waals surface area (Å²) in [6, 6.07) is 10.3. The molecule has 0 unspecified atom stereocenters. The average molecular weight is 128 g/mol. The fourth-order valence-electron chi connectivity index (χ4n) is 0.645. The van der Waals surface area contributed by atoms with Crippen molar-refractivity contribution < 1.29 is 29.6 Å². The van der Waals surface area contributed by atoms with E-state index in [1.165, 1.54) is 5.56 Å². The summed E-state index contributed by atoms with van der Waals surface area (Å²) in [5.41, 5.74) is 1.28. The topological polar surface area (TPSA) is 0 Å². The SMILES string of the molecule is C[CH-]c1ccccc1.[Na+]. The summed E-state index contributed by atoms with van der Waals surface area (Å²) in [7, 11) is 0. The van der Waals surface area contributed by atoms with Gasteiger partial charge in [-0.1, -0.05) is 13.0 Å². The first-order chi connectivity index (χ1) is 3.93. The first-order valence-corrected chi connectivity index (χ1v) is 2.78. The Balaban J connectivity index is 0.000000640. The third-order valence-electron chi connectivity index (χ3n) is 1.13. The first-order valence-electron chi connectivity index (χ1n) is 2.78. The summed E-state index contributed by atoms with van der Waals surface area (Å²) in [4.78, 5) is 0. The largest absolute Gasteiger partial charge is 1.00 e. The molecule has 9 heavy (non-hydrogen) atoms. The molecule has 1 aromatic carbocycles. The minimum atomic E-state index is 0. The summed E-state index contributed by atoms with van der Waals surface area (Å²) >= 11 is 0. The minimum Gasteiger partial charge on any atom is -0.192 e. The molecule has 1 aromatic rings. The van der Waals surface area contributed by atoms with E-state index in [4.69, 9.17) is 0 Å². The maximum absolute atomic E-state index is 2.08. The molecule has 0 aromatic heterocycles. The molecule has 1 heteroatoms. The molecule has 0 fully saturated rings. The van der Waals surface area contributed by atoms with E-state index in [0.29, 0.717) is 0 Å². The summed E-state index contributed by atoms with van der Waals surface area (Å²) in [6.45, 7) is 2.04. The summed E-state index contributed by atoms with van der Waals surface area (Å²) in [5, 5.41) is 0. The molecule has 0 saturated carbocycles. The van der Waals surface area contributed by atoms with Crippen molar-refractivity contribution >= 4 is 0 Å². The van der Waals surface area contributed by atoms with Crippen molar-refractivity contribution in [3.63, 3.8) is 0 Å². The zero-order valence-electron chi connectivity index (χ0n) is 5.96. The van der Waals surface area contributed by atoms with Crippen LogP contribution >= 0.6 is 0 Å². The van der Waals surface area contributed by atoms with Crippen LogP contribution < -0.4 is 29.6 Å². The minimum absolute atomic E-state index is 0. The Kier molecular flexibility index (Phi) is 4.97. The standard InChI is InChI=1S/C8H9.Na/c1-2-8-6-4-3-5-7-8;/h2-7H,1H3;/q-1;+1. The molecule has 0 heterocycles. The molecular weight excluding hydrogens is 119 g/mol. The van der Waals surface area contributed by atoms with Gasteiger partial charge in [0, 0.05) is 0 Å². The molecule has 0 nitrogen and oxygen atoms in total. The Bertz CT molecular complexity index is 146. The molecule has 42 valence electrons. The van der Waals surface area contributed by atoms with Gasteiger partial charge in [-0.3, -0.25) is 0 Å². The van der Waals surface area contributed by atoms with E-state index in [-0.39, 0.29) is 29.6 Å². The van der Waals surface area contributed by atoms with Crippen LogP contribution in [-0.2, 0) is 0 Å². The Hall–Kier alpha value is 0.0900. The number of rotatable bonds is 1. The van der Waals surface area contributed by atoms with E-state index in [2.05, 4.69) is 18.6 Å². The summed E-state index contributed by atoms with van der Waals surface area (Å²) < 4.78 is 0. The Morgan fingerprint density at radius 1 is 1.11 bits per heavy atom. The van der Waals surface area contributed by atoms with Crippen molar-refractivity contribution in [2.75, 3.05) is 0 Å². The Labute approximate surface area is 78.6 Å². The molecule has 0 aliphatic heterocycles. The summed E-state index contributed by atoms with van der Waals surface area (Å²) in [6.07, 6.45) is 2.08. The maximum Gasteiger partial charge on any atom is 1.00 e. The second-order valence-electron chi connectivity index (χ2n) is 1.70. The second-order valence-corrected chi connectivity index (χ2v) is 1.70. The molecule has 0 spiro atoms. The van der Waals surface area contributed by atoms with Crippen LogP contribution in [-0.4, -0.2) is 0 Å². The van der Waals surface area contributed by atoms with Gasteiger partial charge in [-0.25, -0.2) is 0 Å². The number of hydrogen-bond donors (Lipinski definition) is 0. The van der Waals surface area contributed by atoms with Gasteiger partial charge >= 0.3 is 29.6 Å². The van der Waals surface area contributed by atoms with Crippen molar-refractivity contribution in [2.24, 2.45) is 0 Å². The number of hydrogen-bond acceptors (Lipinski definition) is 0. The second kappa shape index (κ2) is 4.92. The van der Waals surface area contributed by atoms with Gasteiger partial charge < -0.3 is 0 Å². The monoisotopic (exact) mass is 128 g/mol. The predicted molar refractivity (Wildman–Crippen MR) is 35.5 cm³/mol. The van der Waals surface area contributed by atoms with Gasteiger partial charge in [-0.2, -0.15) is 24.1 Å². The van der Waals surface area contributed by atoms with Crippen molar-refractivity contribution in [1.29, 1.82) is 0 Å². The van der Waals surface area contributed by atoms with Crippen molar-refractivity contribution in [2.45, 2.75) is 6.92 Å². The van der Waals surface area contributed by atoms with Crippen LogP contribution in [0.2, 0.25) is 0 Å². The van der Waals surface area contributed by atoms with Crippen LogP contribution in [0, 0.1) is 6.42 Å². The normalized spacial score (nSPS) is 7.67. The molecular formula is C8H9Na. The molecule has 0 N–H and O–H groups in total. The van der Waals surface area contributed by atoms with Gasteiger partial charge in [0.2, 0.25) is 0 Å². The van der Waals surface area contributed by atoms with E-state index < -0.39 is 0 Å². The van der Waals surface area contributed by atoms with Gasteiger partial charge in [-0.05, 0) is 0 Å². The fourth-order valence-corrected chi connectivity index (χ4v) is 0.645. The first kappa shape index (κ1) is 9.09. The van der Waals surface area contributed by atoms with Gasteiger partial charge in [-0.15, -0.1) is 12.1 Å². The van der Waals surface area contributed by atoms with E-state index in [1.807, 2.05) is 25.1 Å². The average Bonchev–Trinajstić information content (AvgIpc) is 1.90. The van der Waals surface area contributed by atoms with Crippen LogP contribution in [0.5, 0.6) is 0 Å². The molecule has 0 radical (unpaired) electrons. The molecule has 0 aliphatic carbocycles. The number of benzene rings is 1. The van der Waals surface area contributed by atoms with E-state index >= 15 is 0 Å². The van der Waals surface area contributed by atoms with Crippen LogP contribution in [0.25, 0.3) is 0 Å². The van der Waals surface area contributed by atoms with Gasteiger partial charge in [0.15, 0.2) is 0 Å². The van der Waals surface area contributed by atoms with Crippen LogP contribution in [0.3, 0.4) is 0 Å². The summed E-state index contributed by atoms with van der Waals surface area (Å²) in [5.74, 6) is 0. The molecule has 0 aliphatic rings. The zero-order valence-corrected chi connectivity index (χ0v) is 7.96. The maximum atomic E-state index is 2.08. The molecule has 0 bridgehead atoms. The smallest absolute Gasteiger partial charge is 0.192 e. The van der Waals surface area contributed by atoms with Crippen molar-refractivity contribution in [1.82, 2.24) is 0 Å². The Morgan fingerprint density at radius 3 is 2.00 bits per heavy atom. The van der Waals surface area contributed by atoms with E-state index in [1.54, 1.807) is 0 Å². The molecule has 0 atom stereocenters.